The molecule has 0 radical (unpaired) electrons. The van der Waals surface area contributed by atoms with Gasteiger partial charge in [0.15, 0.2) is 8.07 Å². The average molecular weight is 604 g/mol. The lowest BCUT2D eigenvalue weighted by atomic mass is 9.97. The Morgan fingerprint density at radius 2 is 1.02 bits per heavy atom. The lowest BCUT2D eigenvalue weighted by Gasteiger charge is -2.45. The van der Waals surface area contributed by atoms with Gasteiger partial charge in [0.25, 0.3) is 0 Å². The van der Waals surface area contributed by atoms with Gasteiger partial charge in [-0.3, -0.25) is 0 Å². The van der Waals surface area contributed by atoms with Crippen LogP contribution in [-0.4, -0.2) is 13.1 Å². The number of nitrogens with zero attached hydrogens (tertiary/aromatic N) is 3. The third-order valence-electron chi connectivity index (χ3n) is 9.04. The Morgan fingerprint density at radius 1 is 0.478 bits per heavy atom. The number of hydrogen-bond donors (Lipinski definition) is 0. The molecular formula is C42H29N3Si. The second kappa shape index (κ2) is 11.5. The van der Waals surface area contributed by atoms with Crippen LogP contribution in [0.5, 0.6) is 0 Å². The van der Waals surface area contributed by atoms with Crippen LogP contribution in [0.4, 0.5) is 17.1 Å². The molecule has 0 amide bonds. The van der Waals surface area contributed by atoms with Crippen LogP contribution in [0.25, 0.3) is 22.3 Å². The molecule has 0 saturated heterocycles. The molecule has 0 spiro atoms. The van der Waals surface area contributed by atoms with Crippen molar-refractivity contribution in [2.75, 3.05) is 4.90 Å². The highest BCUT2D eigenvalue weighted by molar-refractivity contribution is 7.21. The molecule has 0 aliphatic carbocycles. The van der Waals surface area contributed by atoms with Crippen LogP contribution in [0.2, 0.25) is 0 Å². The summed E-state index contributed by atoms with van der Waals surface area (Å²) in [5.74, 6) is 0. The van der Waals surface area contributed by atoms with Crippen LogP contribution < -0.4 is 25.6 Å². The van der Waals surface area contributed by atoms with E-state index in [2.05, 4.69) is 174 Å². The van der Waals surface area contributed by atoms with Gasteiger partial charge < -0.3 is 4.90 Å². The first-order valence-electron chi connectivity index (χ1n) is 15.5. The summed E-state index contributed by atoms with van der Waals surface area (Å²) in [7, 11) is -2.68. The molecule has 1 aliphatic rings. The predicted molar refractivity (Wildman–Crippen MR) is 192 cm³/mol. The zero-order valence-electron chi connectivity index (χ0n) is 25.1. The summed E-state index contributed by atoms with van der Waals surface area (Å²) < 4.78 is 0. The summed E-state index contributed by atoms with van der Waals surface area (Å²) in [6.45, 7) is 0. The molecule has 2 heterocycles. The molecule has 7 aromatic rings. The van der Waals surface area contributed by atoms with Gasteiger partial charge in [-0.2, -0.15) is 5.26 Å². The van der Waals surface area contributed by atoms with E-state index in [0.717, 1.165) is 27.9 Å². The standard InChI is InChI=1S/C42H29N3Si/c43-29-34-27-26-33(30-44-34)31-14-13-15-32(28-31)37-20-7-8-21-38(37)45-39-22-9-11-24-41(39)46(35-16-3-1-4-17-35,36-18-5-2-6-19-36)42-25-12-10-23-40(42)45/h1-28,30H. The van der Waals surface area contributed by atoms with E-state index >= 15 is 0 Å². The summed E-state index contributed by atoms with van der Waals surface area (Å²) in [6, 6.07) is 63.3. The topological polar surface area (TPSA) is 39.9 Å². The Bertz CT molecular complexity index is 2130. The summed E-state index contributed by atoms with van der Waals surface area (Å²) in [4.78, 5) is 6.78. The predicted octanol–water partition coefficient (Wildman–Crippen LogP) is 7.45. The molecular weight excluding hydrogens is 575 g/mol. The molecule has 3 nitrogen and oxygen atoms in total. The zero-order valence-corrected chi connectivity index (χ0v) is 26.1. The fraction of sp³-hybridized carbons (Fsp3) is 0. The van der Waals surface area contributed by atoms with Crippen molar-refractivity contribution in [1.82, 2.24) is 4.98 Å². The van der Waals surface area contributed by atoms with Crippen LogP contribution >= 0.6 is 0 Å². The van der Waals surface area contributed by atoms with E-state index in [9.17, 15) is 5.26 Å². The molecule has 0 N–H and O–H groups in total. The smallest absolute Gasteiger partial charge is 0.184 e. The first-order chi connectivity index (χ1) is 22.8. The van der Waals surface area contributed by atoms with Crippen LogP contribution in [-0.2, 0) is 0 Å². The highest BCUT2D eigenvalue weighted by atomic mass is 28.3. The number of pyridine rings is 1. The fourth-order valence-corrected chi connectivity index (χ4v) is 12.2. The van der Waals surface area contributed by atoms with Crippen LogP contribution in [0, 0.1) is 11.3 Å². The van der Waals surface area contributed by atoms with Gasteiger partial charge >= 0.3 is 0 Å². The molecule has 216 valence electrons. The number of aromatic nitrogens is 1. The Balaban J connectivity index is 1.37. The molecule has 8 rings (SSSR count). The van der Waals surface area contributed by atoms with Gasteiger partial charge in [-0.05, 0) is 68.3 Å². The minimum Gasteiger partial charge on any atom is -0.310 e. The molecule has 46 heavy (non-hydrogen) atoms. The quantitative estimate of drug-likeness (QED) is 0.192. The third kappa shape index (κ3) is 4.37. The Hall–Kier alpha value is -6.02. The Kier molecular flexibility index (Phi) is 6.87. The zero-order chi connectivity index (χ0) is 30.9. The molecule has 6 aromatic carbocycles. The number of hydrogen-bond acceptors (Lipinski definition) is 3. The number of nitriles is 1. The first-order valence-corrected chi connectivity index (χ1v) is 17.5. The fourth-order valence-electron chi connectivity index (χ4n) is 7.08. The number of fused-ring (bicyclic) bond motifs is 2. The maximum absolute atomic E-state index is 9.23. The number of rotatable bonds is 5. The van der Waals surface area contributed by atoms with E-state index in [4.69, 9.17) is 0 Å². The third-order valence-corrected chi connectivity index (χ3v) is 13.9. The minimum absolute atomic E-state index is 0.415. The number of para-hydroxylation sites is 3. The first kappa shape index (κ1) is 27.5. The number of anilines is 3. The second-order valence-corrected chi connectivity index (χ2v) is 15.2. The van der Waals surface area contributed by atoms with E-state index in [0.29, 0.717) is 5.69 Å². The highest BCUT2D eigenvalue weighted by Gasteiger charge is 2.48. The summed E-state index contributed by atoms with van der Waals surface area (Å²) >= 11 is 0. The lowest BCUT2D eigenvalue weighted by Crippen LogP contribution is -2.77. The molecule has 4 heteroatoms. The molecule has 0 fully saturated rings. The van der Waals surface area contributed by atoms with Crippen LogP contribution in [0.15, 0.2) is 176 Å². The van der Waals surface area contributed by atoms with Crippen molar-refractivity contribution < 1.29 is 0 Å². The van der Waals surface area contributed by atoms with Crippen molar-refractivity contribution in [2.45, 2.75) is 0 Å². The molecule has 0 atom stereocenters. The van der Waals surface area contributed by atoms with Gasteiger partial charge in [0, 0.05) is 28.7 Å². The number of benzene rings is 6. The van der Waals surface area contributed by atoms with Gasteiger partial charge in [0.05, 0.1) is 5.69 Å². The van der Waals surface area contributed by atoms with Crippen molar-refractivity contribution in [1.29, 1.82) is 5.26 Å². The monoisotopic (exact) mass is 603 g/mol. The highest BCUT2D eigenvalue weighted by Crippen LogP contribution is 2.43. The maximum atomic E-state index is 9.23. The minimum atomic E-state index is -2.68. The Morgan fingerprint density at radius 3 is 1.61 bits per heavy atom. The summed E-state index contributed by atoms with van der Waals surface area (Å²) in [6.07, 6.45) is 1.78. The summed E-state index contributed by atoms with van der Waals surface area (Å²) in [5.41, 5.74) is 8.26. The van der Waals surface area contributed by atoms with Gasteiger partial charge in [-0.1, -0.05) is 133 Å². The van der Waals surface area contributed by atoms with Crippen molar-refractivity contribution in [3.05, 3.63) is 182 Å². The Labute approximate surface area is 270 Å². The van der Waals surface area contributed by atoms with Crippen molar-refractivity contribution in [3.8, 4) is 28.3 Å². The SMILES string of the molecule is N#Cc1ccc(-c2cccc(-c3ccccc3N3c4ccccc4[Si](c4ccccc4)(c4ccccc4)c4ccccc43)c2)cn1. The molecule has 1 aromatic heterocycles. The summed E-state index contributed by atoms with van der Waals surface area (Å²) in [5, 5.41) is 14.7. The van der Waals surface area contributed by atoms with Crippen molar-refractivity contribution >= 4 is 45.9 Å². The second-order valence-electron chi connectivity index (χ2n) is 11.5. The van der Waals surface area contributed by atoms with Gasteiger partial charge in [0.2, 0.25) is 0 Å². The lowest BCUT2D eigenvalue weighted by molar-refractivity contribution is 1.26. The van der Waals surface area contributed by atoms with E-state index < -0.39 is 8.07 Å². The van der Waals surface area contributed by atoms with E-state index in [1.807, 2.05) is 6.07 Å². The molecule has 1 aliphatic heterocycles. The van der Waals surface area contributed by atoms with E-state index in [-0.39, 0.29) is 0 Å². The van der Waals surface area contributed by atoms with Gasteiger partial charge in [-0.15, -0.1) is 0 Å². The van der Waals surface area contributed by atoms with E-state index in [1.54, 1.807) is 12.3 Å². The van der Waals surface area contributed by atoms with Gasteiger partial charge in [0.1, 0.15) is 11.8 Å². The van der Waals surface area contributed by atoms with Crippen LogP contribution in [0.1, 0.15) is 5.69 Å². The van der Waals surface area contributed by atoms with E-state index in [1.165, 1.54) is 32.1 Å². The largest absolute Gasteiger partial charge is 0.310 e. The molecule has 0 unspecified atom stereocenters. The van der Waals surface area contributed by atoms with Crippen molar-refractivity contribution in [2.24, 2.45) is 0 Å². The molecule has 0 saturated carbocycles. The molecule has 0 bridgehead atoms. The van der Waals surface area contributed by atoms with Crippen molar-refractivity contribution in [3.63, 3.8) is 0 Å². The van der Waals surface area contributed by atoms with Gasteiger partial charge in [-0.25, -0.2) is 4.98 Å². The average Bonchev–Trinajstić information content (AvgIpc) is 3.15. The maximum Gasteiger partial charge on any atom is 0.184 e. The normalized spacial score (nSPS) is 12.9. The van der Waals surface area contributed by atoms with Crippen LogP contribution in [0.3, 0.4) is 0 Å².